The highest BCUT2D eigenvalue weighted by Crippen LogP contribution is 2.18. The molecule has 0 aliphatic heterocycles. The molecule has 3 nitrogen and oxygen atoms in total. The molecular weight excluding hydrogens is 219 g/mol. The molecule has 1 rings (SSSR count). The summed E-state index contributed by atoms with van der Waals surface area (Å²) in [6.07, 6.45) is 0. The number of rotatable bonds is 3. The Labute approximate surface area is 100 Å². The van der Waals surface area contributed by atoms with E-state index in [1.807, 2.05) is 6.07 Å². The molecule has 1 aromatic carbocycles. The van der Waals surface area contributed by atoms with E-state index in [1.54, 1.807) is 32.9 Å². The molecule has 0 aliphatic rings. The van der Waals surface area contributed by atoms with Gasteiger partial charge in [-0.15, -0.1) is 0 Å². The van der Waals surface area contributed by atoms with Crippen LogP contribution in [0, 0.1) is 22.6 Å². The van der Waals surface area contributed by atoms with Gasteiger partial charge in [0.2, 0.25) is 5.91 Å². The van der Waals surface area contributed by atoms with Crippen LogP contribution in [0.1, 0.15) is 32.4 Å². The van der Waals surface area contributed by atoms with E-state index in [4.69, 9.17) is 5.26 Å². The van der Waals surface area contributed by atoms with Crippen LogP contribution >= 0.6 is 0 Å². The predicted octanol–water partition coefficient (Wildman–Crippen LogP) is 2.55. The monoisotopic (exact) mass is 234 g/mol. The van der Waals surface area contributed by atoms with Crippen molar-refractivity contribution < 1.29 is 9.18 Å². The van der Waals surface area contributed by atoms with Gasteiger partial charge in [0.15, 0.2) is 0 Å². The van der Waals surface area contributed by atoms with E-state index in [9.17, 15) is 9.18 Å². The lowest BCUT2D eigenvalue weighted by Gasteiger charge is -2.20. The van der Waals surface area contributed by atoms with Crippen LogP contribution < -0.4 is 5.32 Å². The maximum Gasteiger partial charge on any atom is 0.240 e. The fourth-order valence-corrected chi connectivity index (χ4v) is 1.26. The van der Waals surface area contributed by atoms with E-state index < -0.39 is 5.41 Å². The molecule has 0 saturated heterocycles. The molecule has 0 bridgehead atoms. The topological polar surface area (TPSA) is 52.9 Å². The fourth-order valence-electron chi connectivity index (χ4n) is 1.26. The Bertz CT molecular complexity index is 445. The van der Waals surface area contributed by atoms with Crippen LogP contribution in [0.4, 0.5) is 4.39 Å². The number of nitrogens with zero attached hydrogens (tertiary/aromatic N) is 1. The summed E-state index contributed by atoms with van der Waals surface area (Å²) in [6, 6.07) is 7.58. The molecule has 0 fully saturated rings. The second kappa shape index (κ2) is 4.96. The number of nitriles is 1. The van der Waals surface area contributed by atoms with Crippen molar-refractivity contribution in [2.45, 2.75) is 26.8 Å². The second-order valence-electron chi connectivity index (χ2n) is 4.48. The van der Waals surface area contributed by atoms with Crippen molar-refractivity contribution >= 4 is 5.91 Å². The minimum Gasteiger partial charge on any atom is -0.348 e. The number of benzene rings is 1. The van der Waals surface area contributed by atoms with Crippen molar-refractivity contribution in [1.82, 2.24) is 5.32 Å². The Kier molecular flexibility index (Phi) is 3.84. The lowest BCUT2D eigenvalue weighted by Crippen LogP contribution is -2.37. The first kappa shape index (κ1) is 13.2. The molecule has 17 heavy (non-hydrogen) atoms. The molecule has 1 unspecified atom stereocenters. The standard InChI is InChI=1S/C13H15FN2O/c1-9(10-4-6-11(14)7-5-10)16-12(17)13(2,3)8-15/h4-7,9H,1-3H3,(H,16,17). The maximum atomic E-state index is 12.7. The van der Waals surface area contributed by atoms with Crippen molar-refractivity contribution in [3.05, 3.63) is 35.6 Å². The smallest absolute Gasteiger partial charge is 0.240 e. The van der Waals surface area contributed by atoms with Crippen LogP contribution in [-0.2, 0) is 4.79 Å². The Morgan fingerprint density at radius 1 is 1.41 bits per heavy atom. The zero-order valence-corrected chi connectivity index (χ0v) is 10.1. The van der Waals surface area contributed by atoms with Crippen LogP contribution in [0.25, 0.3) is 0 Å². The Morgan fingerprint density at radius 2 is 1.94 bits per heavy atom. The maximum absolute atomic E-state index is 12.7. The normalized spacial score (nSPS) is 12.6. The van der Waals surface area contributed by atoms with E-state index in [0.29, 0.717) is 0 Å². The third kappa shape index (κ3) is 3.28. The molecule has 90 valence electrons. The van der Waals surface area contributed by atoms with Gasteiger partial charge in [-0.1, -0.05) is 12.1 Å². The van der Waals surface area contributed by atoms with Crippen LogP contribution in [0.5, 0.6) is 0 Å². The van der Waals surface area contributed by atoms with Gasteiger partial charge in [0.05, 0.1) is 12.1 Å². The summed E-state index contributed by atoms with van der Waals surface area (Å²) >= 11 is 0. The highest BCUT2D eigenvalue weighted by Gasteiger charge is 2.28. The zero-order valence-electron chi connectivity index (χ0n) is 10.1. The Balaban J connectivity index is 2.74. The van der Waals surface area contributed by atoms with Crippen molar-refractivity contribution in [3.63, 3.8) is 0 Å². The van der Waals surface area contributed by atoms with E-state index >= 15 is 0 Å². The molecule has 1 N–H and O–H groups in total. The van der Waals surface area contributed by atoms with Gasteiger partial charge >= 0.3 is 0 Å². The number of nitrogens with one attached hydrogen (secondary N) is 1. The molecule has 0 aromatic heterocycles. The molecular formula is C13H15FN2O. The van der Waals surface area contributed by atoms with Crippen molar-refractivity contribution in [2.24, 2.45) is 5.41 Å². The molecule has 1 aromatic rings. The van der Waals surface area contributed by atoms with Gasteiger partial charge in [0.1, 0.15) is 11.2 Å². The number of amides is 1. The predicted molar refractivity (Wildman–Crippen MR) is 62.4 cm³/mol. The van der Waals surface area contributed by atoms with Gasteiger partial charge in [0.25, 0.3) is 0 Å². The number of hydrogen-bond donors (Lipinski definition) is 1. The van der Waals surface area contributed by atoms with E-state index in [1.165, 1.54) is 12.1 Å². The summed E-state index contributed by atoms with van der Waals surface area (Å²) in [5.41, 5.74) is -0.262. The molecule has 0 radical (unpaired) electrons. The summed E-state index contributed by atoms with van der Waals surface area (Å²) in [7, 11) is 0. The lowest BCUT2D eigenvalue weighted by atomic mass is 9.94. The van der Waals surface area contributed by atoms with Gasteiger partial charge in [-0.2, -0.15) is 5.26 Å². The number of halogens is 1. The minimum absolute atomic E-state index is 0.254. The number of hydrogen-bond acceptors (Lipinski definition) is 2. The van der Waals surface area contributed by atoms with Crippen LogP contribution in [-0.4, -0.2) is 5.91 Å². The van der Waals surface area contributed by atoms with Gasteiger partial charge in [-0.3, -0.25) is 4.79 Å². The average Bonchev–Trinajstić information content (AvgIpc) is 2.29. The highest BCUT2D eigenvalue weighted by atomic mass is 19.1. The number of carbonyl (C=O) groups is 1. The summed E-state index contributed by atoms with van der Waals surface area (Å²) in [5.74, 6) is -0.651. The molecule has 0 heterocycles. The first-order valence-electron chi connectivity index (χ1n) is 5.34. The van der Waals surface area contributed by atoms with Crippen molar-refractivity contribution in [1.29, 1.82) is 5.26 Å². The summed E-state index contributed by atoms with van der Waals surface area (Å²) in [4.78, 5) is 11.7. The summed E-state index contributed by atoms with van der Waals surface area (Å²) < 4.78 is 12.7. The molecule has 0 aliphatic carbocycles. The lowest BCUT2D eigenvalue weighted by molar-refractivity contribution is -0.127. The molecule has 0 saturated carbocycles. The molecule has 4 heteroatoms. The second-order valence-corrected chi connectivity index (χ2v) is 4.48. The zero-order chi connectivity index (χ0) is 13.1. The van der Waals surface area contributed by atoms with Crippen molar-refractivity contribution in [3.8, 4) is 6.07 Å². The fraction of sp³-hybridized carbons (Fsp3) is 0.385. The molecule has 1 amide bonds. The first-order chi connectivity index (χ1) is 7.86. The quantitative estimate of drug-likeness (QED) is 0.873. The van der Waals surface area contributed by atoms with Gasteiger partial charge in [-0.05, 0) is 38.5 Å². The summed E-state index contributed by atoms with van der Waals surface area (Å²) in [5, 5.41) is 11.5. The largest absolute Gasteiger partial charge is 0.348 e. The van der Waals surface area contributed by atoms with E-state index in [0.717, 1.165) is 5.56 Å². The molecule has 0 spiro atoms. The number of carbonyl (C=O) groups excluding carboxylic acids is 1. The summed E-state index contributed by atoms with van der Waals surface area (Å²) in [6.45, 7) is 4.90. The molecule has 1 atom stereocenters. The van der Waals surface area contributed by atoms with Crippen LogP contribution in [0.3, 0.4) is 0 Å². The average molecular weight is 234 g/mol. The van der Waals surface area contributed by atoms with Gasteiger partial charge < -0.3 is 5.32 Å². The SMILES string of the molecule is CC(NC(=O)C(C)(C)C#N)c1ccc(F)cc1. The third-order valence-electron chi connectivity index (χ3n) is 2.56. The third-order valence-corrected chi connectivity index (χ3v) is 2.56. The van der Waals surface area contributed by atoms with Crippen molar-refractivity contribution in [2.75, 3.05) is 0 Å². The Hall–Kier alpha value is -1.89. The van der Waals surface area contributed by atoms with Crippen LogP contribution in [0.15, 0.2) is 24.3 Å². The van der Waals surface area contributed by atoms with E-state index in [2.05, 4.69) is 5.32 Å². The highest BCUT2D eigenvalue weighted by molar-refractivity contribution is 5.84. The van der Waals surface area contributed by atoms with Gasteiger partial charge in [0, 0.05) is 0 Å². The first-order valence-corrected chi connectivity index (χ1v) is 5.34. The minimum atomic E-state index is -1.06. The Morgan fingerprint density at radius 3 is 2.41 bits per heavy atom. The van der Waals surface area contributed by atoms with Gasteiger partial charge in [-0.25, -0.2) is 4.39 Å². The van der Waals surface area contributed by atoms with E-state index in [-0.39, 0.29) is 17.8 Å². The van der Waals surface area contributed by atoms with Crippen LogP contribution in [0.2, 0.25) is 0 Å².